The highest BCUT2D eigenvalue weighted by molar-refractivity contribution is 4.58. The molecule has 3 aliphatic rings. The Hall–Kier alpha value is -0.120. The average molecular weight is 88.1 g/mol. The highest BCUT2D eigenvalue weighted by Gasteiger charge is 2.39. The monoisotopic (exact) mass is 88.0 g/mol. The van der Waals surface area contributed by atoms with E-state index in [-0.39, 0.29) is 12.8 Å². The highest BCUT2D eigenvalue weighted by atomic mass is 17.0. The number of rotatable bonds is 0. The van der Waals surface area contributed by atoms with Gasteiger partial charge in [0.25, 0.3) is 6.48 Å². The van der Waals surface area contributed by atoms with E-state index in [4.69, 9.17) is 14.2 Å². The summed E-state index contributed by atoms with van der Waals surface area (Å²) in [6.45, 7) is 0.306. The van der Waals surface area contributed by atoms with Crippen LogP contribution in [0.1, 0.15) is 0 Å². The summed E-state index contributed by atoms with van der Waals surface area (Å²) < 4.78 is 14.4. The van der Waals surface area contributed by atoms with Crippen LogP contribution in [-0.4, -0.2) is 19.4 Å². The molecule has 0 aromatic rings. The van der Waals surface area contributed by atoms with E-state index in [1.54, 1.807) is 0 Å². The fraction of sp³-hybridized carbons (Fsp3) is 1.00. The Morgan fingerprint density at radius 2 is 2.17 bits per heavy atom. The second-order valence-electron chi connectivity index (χ2n) is 1.32. The zero-order valence-electron chi connectivity index (χ0n) is 3.09. The van der Waals surface area contributed by atoms with Crippen molar-refractivity contribution in [2.45, 2.75) is 12.8 Å². The van der Waals surface area contributed by atoms with E-state index >= 15 is 0 Å². The number of fused-ring (bicyclic) bond motifs is 1. The molecular weight excluding hydrogens is 84.0 g/mol. The lowest BCUT2D eigenvalue weighted by molar-refractivity contribution is -0.381. The highest BCUT2D eigenvalue weighted by Crippen LogP contribution is 2.25. The minimum atomic E-state index is -0.310. The molecule has 3 nitrogen and oxygen atoms in total. The molecule has 0 aromatic carbocycles. The molecule has 0 aromatic heterocycles. The lowest BCUT2D eigenvalue weighted by atomic mass is 10.7. The predicted molar refractivity (Wildman–Crippen MR) is 15.7 cm³/mol. The molecule has 34 valence electrons. The van der Waals surface area contributed by atoms with Gasteiger partial charge in [0.2, 0.25) is 0 Å². The fourth-order valence-electron chi connectivity index (χ4n) is 0.572. The van der Waals surface area contributed by atoms with Crippen molar-refractivity contribution in [3.05, 3.63) is 0 Å². The van der Waals surface area contributed by atoms with Crippen LogP contribution in [0.15, 0.2) is 0 Å². The third kappa shape index (κ3) is 0.194. The SMILES string of the molecule is C1OC2OC1O2. The summed E-state index contributed by atoms with van der Waals surface area (Å²) in [5, 5.41) is 0. The zero-order chi connectivity index (χ0) is 3.98. The normalized spacial score (nSPS) is 52.0. The first-order chi connectivity index (χ1) is 2.95. The molecule has 0 spiro atoms. The molecule has 0 radical (unpaired) electrons. The van der Waals surface area contributed by atoms with Gasteiger partial charge in [-0.1, -0.05) is 0 Å². The molecule has 0 N–H and O–H groups in total. The van der Waals surface area contributed by atoms with Crippen LogP contribution in [0.4, 0.5) is 0 Å². The molecule has 3 fully saturated rings. The Labute approximate surface area is 34.8 Å². The van der Waals surface area contributed by atoms with Crippen LogP contribution in [-0.2, 0) is 14.2 Å². The van der Waals surface area contributed by atoms with Crippen molar-refractivity contribution in [2.24, 2.45) is 0 Å². The first kappa shape index (κ1) is 2.96. The van der Waals surface area contributed by atoms with Crippen molar-refractivity contribution < 1.29 is 14.2 Å². The maximum Gasteiger partial charge on any atom is 0.276 e. The van der Waals surface area contributed by atoms with Gasteiger partial charge in [-0.2, -0.15) is 0 Å². The molecule has 6 heavy (non-hydrogen) atoms. The van der Waals surface area contributed by atoms with Gasteiger partial charge in [0.15, 0.2) is 6.29 Å². The van der Waals surface area contributed by atoms with Gasteiger partial charge in [0, 0.05) is 0 Å². The van der Waals surface area contributed by atoms with E-state index < -0.39 is 0 Å². The van der Waals surface area contributed by atoms with Gasteiger partial charge in [-0.25, -0.2) is 0 Å². The van der Waals surface area contributed by atoms with E-state index in [1.807, 2.05) is 0 Å². The average Bonchev–Trinajstić information content (AvgIpc) is 1.72. The molecule has 0 unspecified atom stereocenters. The van der Waals surface area contributed by atoms with Gasteiger partial charge in [-0.05, 0) is 0 Å². The van der Waals surface area contributed by atoms with Crippen molar-refractivity contribution in [3.63, 3.8) is 0 Å². The Balaban J connectivity index is 2.16. The van der Waals surface area contributed by atoms with Crippen molar-refractivity contribution >= 4 is 0 Å². The Kier molecular flexibility index (Phi) is 0.371. The van der Waals surface area contributed by atoms with Crippen LogP contribution in [0.3, 0.4) is 0 Å². The van der Waals surface area contributed by atoms with E-state index in [0.717, 1.165) is 0 Å². The van der Waals surface area contributed by atoms with Crippen LogP contribution in [0.5, 0.6) is 0 Å². The van der Waals surface area contributed by atoms with Crippen LogP contribution in [0, 0.1) is 0 Å². The topological polar surface area (TPSA) is 27.7 Å². The summed E-state index contributed by atoms with van der Waals surface area (Å²) in [5.74, 6) is 0. The molecule has 0 saturated carbocycles. The molecule has 3 heteroatoms. The molecule has 0 aliphatic carbocycles. The minimum Gasteiger partial charge on any atom is -0.324 e. The third-order valence-corrected chi connectivity index (χ3v) is 0.894. The van der Waals surface area contributed by atoms with Crippen LogP contribution in [0.25, 0.3) is 0 Å². The summed E-state index contributed by atoms with van der Waals surface area (Å²) >= 11 is 0. The molecule has 0 amide bonds. The van der Waals surface area contributed by atoms with Crippen LogP contribution in [0.2, 0.25) is 0 Å². The second-order valence-corrected chi connectivity index (χ2v) is 1.32. The lowest BCUT2D eigenvalue weighted by Crippen LogP contribution is -2.31. The first-order valence-corrected chi connectivity index (χ1v) is 1.88. The van der Waals surface area contributed by atoms with Crippen molar-refractivity contribution in [3.8, 4) is 0 Å². The van der Waals surface area contributed by atoms with Gasteiger partial charge < -0.3 is 4.74 Å². The summed E-state index contributed by atoms with van der Waals surface area (Å²) in [6.07, 6.45) is -0.0324. The van der Waals surface area contributed by atoms with Crippen LogP contribution < -0.4 is 0 Å². The molecule has 0 atom stereocenters. The van der Waals surface area contributed by atoms with E-state index in [9.17, 15) is 0 Å². The van der Waals surface area contributed by atoms with Gasteiger partial charge in [0.1, 0.15) is 6.61 Å². The Morgan fingerprint density at radius 3 is 2.33 bits per heavy atom. The molecule has 3 aliphatic heterocycles. The summed E-state index contributed by atoms with van der Waals surface area (Å²) in [6, 6.07) is 0. The predicted octanol–water partition coefficient (Wildman–Crippen LogP) is -0.327. The lowest BCUT2D eigenvalue weighted by Gasteiger charge is -2.20. The van der Waals surface area contributed by atoms with Crippen molar-refractivity contribution in [1.29, 1.82) is 0 Å². The van der Waals surface area contributed by atoms with Gasteiger partial charge in [0.05, 0.1) is 0 Å². The fourth-order valence-corrected chi connectivity index (χ4v) is 0.572. The second kappa shape index (κ2) is 0.753. The zero-order valence-corrected chi connectivity index (χ0v) is 3.09. The minimum absolute atomic E-state index is 0.0324. The van der Waals surface area contributed by atoms with Crippen LogP contribution >= 0.6 is 0 Å². The van der Waals surface area contributed by atoms with E-state index in [0.29, 0.717) is 6.61 Å². The molecule has 3 saturated heterocycles. The molecular formula is C3H4O3. The summed E-state index contributed by atoms with van der Waals surface area (Å²) in [4.78, 5) is 0. The van der Waals surface area contributed by atoms with Gasteiger partial charge >= 0.3 is 0 Å². The standard InChI is InChI=1S/C3H4O3/c1-2-5-3(4-1)6-2/h2-3H,1H2. The number of hydrogen-bond donors (Lipinski definition) is 0. The van der Waals surface area contributed by atoms with Crippen molar-refractivity contribution in [1.82, 2.24) is 0 Å². The number of ether oxygens (including phenoxy) is 3. The molecule has 3 rings (SSSR count). The summed E-state index contributed by atoms with van der Waals surface area (Å²) in [7, 11) is 0. The molecule has 3 heterocycles. The summed E-state index contributed by atoms with van der Waals surface area (Å²) in [5.41, 5.74) is 0. The van der Waals surface area contributed by atoms with E-state index in [1.165, 1.54) is 0 Å². The third-order valence-electron chi connectivity index (χ3n) is 0.894. The smallest absolute Gasteiger partial charge is 0.276 e. The van der Waals surface area contributed by atoms with Gasteiger partial charge in [-0.3, -0.25) is 9.47 Å². The Morgan fingerprint density at radius 1 is 1.33 bits per heavy atom. The maximum atomic E-state index is 4.81. The maximum absolute atomic E-state index is 4.81. The Bertz CT molecular complexity index is 52.9. The number of hydrogen-bond acceptors (Lipinski definition) is 3. The van der Waals surface area contributed by atoms with E-state index in [2.05, 4.69) is 0 Å². The molecule has 2 bridgehead atoms. The van der Waals surface area contributed by atoms with Gasteiger partial charge in [-0.15, -0.1) is 0 Å². The first-order valence-electron chi connectivity index (χ1n) is 1.88. The quantitative estimate of drug-likeness (QED) is 0.406. The van der Waals surface area contributed by atoms with Crippen molar-refractivity contribution in [2.75, 3.05) is 6.61 Å². The largest absolute Gasteiger partial charge is 0.324 e.